The van der Waals surface area contributed by atoms with Crippen molar-refractivity contribution >= 4 is 91.9 Å². The van der Waals surface area contributed by atoms with Crippen LogP contribution >= 0.6 is 0 Å². The van der Waals surface area contributed by atoms with Gasteiger partial charge >= 0.3 is 0 Å². The second-order valence-corrected chi connectivity index (χ2v) is 25.8. The molecule has 5 N–H and O–H groups in total. The van der Waals surface area contributed by atoms with E-state index in [1.54, 1.807) is 26.0 Å². The van der Waals surface area contributed by atoms with E-state index in [1.165, 1.54) is 43.5 Å². The summed E-state index contributed by atoms with van der Waals surface area (Å²) in [6.07, 6.45) is 0.235. The van der Waals surface area contributed by atoms with Crippen molar-refractivity contribution in [2.75, 3.05) is 44.0 Å². The number of Topliss-reactive ketones (excluding diaryl/α,β-unsaturated/α-hetero) is 8. The third kappa shape index (κ3) is 9.61. The number of hydrogen-bond donors (Lipinski definition) is 5. The van der Waals surface area contributed by atoms with Crippen LogP contribution in [0.2, 0.25) is 0 Å². The molecule has 1 unspecified atom stereocenters. The zero-order chi connectivity index (χ0) is 58.1. The highest BCUT2D eigenvalue weighted by atomic mass is 32.2. The van der Waals surface area contributed by atoms with Gasteiger partial charge in [0, 0.05) is 44.3 Å². The maximum atomic E-state index is 12.4. The fourth-order valence-electron chi connectivity index (χ4n) is 8.93. The van der Waals surface area contributed by atoms with Crippen molar-refractivity contribution in [3.05, 3.63) is 170 Å². The monoisotopic (exact) mass is 1170 g/mol. The fraction of sp³-hybridized carbons (Fsp3) is 0.204. The van der Waals surface area contributed by atoms with E-state index in [1.807, 2.05) is 0 Å². The largest absolute Gasteiger partial charge is 0.380 e. The summed E-state index contributed by atoms with van der Waals surface area (Å²) in [6.45, 7) is 3.62. The first-order chi connectivity index (χ1) is 37.6. The molecule has 12 rings (SSSR count). The number of aliphatic hydroxyl groups is 1. The van der Waals surface area contributed by atoms with Crippen molar-refractivity contribution < 1.29 is 86.7 Å². The van der Waals surface area contributed by atoms with Crippen molar-refractivity contribution in [1.29, 1.82) is 0 Å². The summed E-state index contributed by atoms with van der Waals surface area (Å²) in [5.41, 5.74) is -0.0885. The van der Waals surface area contributed by atoms with Crippen LogP contribution in [0.5, 0.6) is 0 Å². The number of nitrogens with zero attached hydrogens (tertiary/aromatic N) is 4. The summed E-state index contributed by atoms with van der Waals surface area (Å²) < 4.78 is 100. The maximum absolute atomic E-state index is 12.4. The van der Waals surface area contributed by atoms with Crippen LogP contribution < -0.4 is 21.3 Å². The zero-order valence-corrected chi connectivity index (χ0v) is 44.7. The average molecular weight is 1170 g/mol. The molecule has 80 heavy (non-hydrogen) atoms. The lowest BCUT2D eigenvalue weighted by Gasteiger charge is -2.25. The van der Waals surface area contributed by atoms with Crippen LogP contribution in [-0.2, 0) is 44.1 Å². The Morgan fingerprint density at radius 3 is 1.26 bits per heavy atom. The molecule has 0 radical (unpaired) electrons. The van der Waals surface area contributed by atoms with Crippen LogP contribution in [0.15, 0.2) is 103 Å². The molecule has 0 saturated heterocycles. The maximum Gasteiger partial charge on any atom is 0.229 e. The third-order valence-corrected chi connectivity index (χ3v) is 19.4. The third-order valence-electron chi connectivity index (χ3n) is 12.7. The normalized spacial score (nSPS) is 20.4. The average Bonchev–Trinajstić information content (AvgIpc) is 3.57. The Hall–Kier alpha value is -8.75. The van der Waals surface area contributed by atoms with Crippen molar-refractivity contribution in [2.24, 2.45) is 0 Å². The quantitative estimate of drug-likeness (QED) is 0.125. The molecule has 27 nitrogen and oxygen atoms in total. The minimum atomic E-state index is -3.88. The van der Waals surface area contributed by atoms with E-state index in [2.05, 4.69) is 41.2 Å². The van der Waals surface area contributed by atoms with Crippen LogP contribution in [0, 0.1) is 13.8 Å². The molecule has 8 aliphatic rings. The number of fused-ring (bicyclic) bond motifs is 4. The number of aliphatic hydroxyl groups excluding tert-OH is 1. The molecular weight excluding hydrogens is 1130 g/mol. The Morgan fingerprint density at radius 2 is 0.850 bits per heavy atom. The fourth-order valence-corrected chi connectivity index (χ4v) is 14.4. The number of ketones is 8. The lowest BCUT2D eigenvalue weighted by molar-refractivity contribution is -0.0799. The molecule has 8 heterocycles. The van der Waals surface area contributed by atoms with Gasteiger partial charge in [-0.1, -0.05) is 0 Å². The Bertz CT molecular complexity index is 4210. The summed E-state index contributed by atoms with van der Waals surface area (Å²) in [4.78, 5) is 123. The molecule has 4 aromatic heterocycles. The molecular formula is C49H38N8O19S4. The second-order valence-electron chi connectivity index (χ2n) is 17.8. The predicted molar refractivity (Wildman–Crippen MR) is 273 cm³/mol. The molecule has 4 aromatic rings. The van der Waals surface area contributed by atoms with Gasteiger partial charge in [-0.15, -0.1) is 0 Å². The van der Waals surface area contributed by atoms with Crippen molar-refractivity contribution in [3.8, 4) is 0 Å². The number of aromatic nitrogens is 4. The lowest BCUT2D eigenvalue weighted by Crippen LogP contribution is -2.41. The van der Waals surface area contributed by atoms with E-state index < -0.39 is 112 Å². The molecule has 0 bridgehead atoms. The molecule has 0 aromatic carbocycles. The molecule has 0 saturated carbocycles. The zero-order valence-electron chi connectivity index (χ0n) is 41.4. The summed E-state index contributed by atoms with van der Waals surface area (Å²) in [5.74, 6) is -6.00. The summed E-state index contributed by atoms with van der Waals surface area (Å²) in [6, 6.07) is 11.1. The van der Waals surface area contributed by atoms with Crippen LogP contribution in [0.3, 0.4) is 0 Å². The molecule has 4 aliphatic heterocycles. The first-order valence-corrected chi connectivity index (χ1v) is 29.7. The number of carbonyl (C=O) groups excluding carboxylic acids is 9. The van der Waals surface area contributed by atoms with Gasteiger partial charge < -0.3 is 31.1 Å². The molecule has 0 amide bonds. The first-order valence-electron chi connectivity index (χ1n) is 23.2. The highest BCUT2D eigenvalue weighted by Gasteiger charge is 2.46. The molecule has 1 atom stereocenters. The van der Waals surface area contributed by atoms with Gasteiger partial charge in [0.15, 0.2) is 42.1 Å². The number of rotatable bonds is 3. The van der Waals surface area contributed by atoms with Crippen molar-refractivity contribution in [2.45, 2.75) is 20.1 Å². The van der Waals surface area contributed by atoms with Crippen LogP contribution in [0.1, 0.15) is 117 Å². The molecule has 0 fully saturated rings. The van der Waals surface area contributed by atoms with Crippen LogP contribution in [0.4, 0.5) is 0 Å². The van der Waals surface area contributed by atoms with E-state index in [4.69, 9.17) is 4.74 Å². The summed E-state index contributed by atoms with van der Waals surface area (Å²) in [7, 11) is -13.9. The SMILES string of the molecule is COC(O)c1ccc2c(n1)C(=O)C1=C(C2=O)S(=O)(=O)CCN1.Cc1ccc2c(n1)C(=O)C1=C(C2=O)S(=O)(=O)C=CN1.Cc1ccc2c(n1)C(=O)C1=C(C2=O)S(=O)(=O)CCN1.O=Cc1ccc2c(n1)C(=O)C1=C(C2=O)S(=O)(=O)CCN1. The Labute approximate surface area is 452 Å². The summed E-state index contributed by atoms with van der Waals surface area (Å²) in [5, 5.41) is 21.0. The van der Waals surface area contributed by atoms with E-state index in [9.17, 15) is 81.9 Å². The number of aryl methyl sites for hydroxylation is 2. The summed E-state index contributed by atoms with van der Waals surface area (Å²) >= 11 is 0. The van der Waals surface area contributed by atoms with Gasteiger partial charge in [0.25, 0.3) is 0 Å². The van der Waals surface area contributed by atoms with Crippen molar-refractivity contribution in [3.63, 3.8) is 0 Å². The van der Waals surface area contributed by atoms with Crippen LogP contribution in [0.25, 0.3) is 0 Å². The van der Waals surface area contributed by atoms with Crippen LogP contribution in [-0.4, -0.2) is 155 Å². The van der Waals surface area contributed by atoms with E-state index in [0.717, 1.165) is 11.6 Å². The number of methoxy groups -OCH3 is 1. The van der Waals surface area contributed by atoms with E-state index in [0.29, 0.717) is 17.7 Å². The number of allylic oxidation sites excluding steroid dienone is 8. The minimum absolute atomic E-state index is 0.00705. The first kappa shape index (κ1) is 56.0. The molecule has 412 valence electrons. The number of hydrogen-bond acceptors (Lipinski definition) is 27. The molecule has 4 aliphatic carbocycles. The van der Waals surface area contributed by atoms with Gasteiger partial charge in [-0.3, -0.25) is 43.2 Å². The number of pyridine rings is 4. The lowest BCUT2D eigenvalue weighted by atomic mass is 9.96. The van der Waals surface area contributed by atoms with Gasteiger partial charge in [-0.25, -0.2) is 53.6 Å². The number of aldehydes is 1. The van der Waals surface area contributed by atoms with Crippen molar-refractivity contribution in [1.82, 2.24) is 41.2 Å². The molecule has 31 heteroatoms. The Balaban J connectivity index is 0.000000129. The minimum Gasteiger partial charge on any atom is -0.380 e. The molecule has 0 spiro atoms. The predicted octanol–water partition coefficient (Wildman–Crippen LogP) is -0.701. The van der Waals surface area contributed by atoms with Gasteiger partial charge in [0.05, 0.1) is 50.6 Å². The number of ether oxygens (including phenoxy) is 1. The number of carbonyl (C=O) groups is 9. The highest BCUT2D eigenvalue weighted by molar-refractivity contribution is 7.99. The van der Waals surface area contributed by atoms with Gasteiger partial charge in [-0.05, 0) is 62.4 Å². The van der Waals surface area contributed by atoms with Gasteiger partial charge in [-0.2, -0.15) is 0 Å². The Kier molecular flexibility index (Phi) is 14.3. The van der Waals surface area contributed by atoms with E-state index in [-0.39, 0.29) is 116 Å². The second kappa shape index (κ2) is 20.5. The smallest absolute Gasteiger partial charge is 0.229 e. The highest BCUT2D eigenvalue weighted by Crippen LogP contribution is 2.34. The standard InChI is InChI=1S/C13H12N2O6S.C12H8N2O5S.C12H10N2O4S.C12H8N2O4S/c1-21-13(18)7-3-2-6-8(15-7)11(17)9-12(10(6)16)22(19,20)5-4-14-9;15-5-6-1-2-7-8(14-6)11(17)9-12(10(7)16)20(18,19)4-3-13-9;2*1-6-2-3-7-8(14-6)11(16)9-12(10(7)15)19(17,18)5-4-13-9/h2-3,13-14,18H,4-5H2,1H3;1-2,5,13H,3-4H2;2-3,13H,4-5H2,1H3;2-5,13H,1H3. The number of nitrogens with one attached hydrogen (secondary N) is 4. The van der Waals surface area contributed by atoms with E-state index >= 15 is 0 Å². The topological polar surface area (TPSA) is 419 Å². The number of sulfone groups is 4. The Morgan fingerprint density at radius 1 is 0.487 bits per heavy atom. The van der Waals surface area contributed by atoms with Gasteiger partial charge in [0.1, 0.15) is 70.9 Å². The van der Waals surface area contributed by atoms with Gasteiger partial charge in [0.2, 0.25) is 56.1 Å².